The Bertz CT molecular complexity index is 624. The van der Waals surface area contributed by atoms with Gasteiger partial charge in [-0.3, -0.25) is 9.59 Å². The normalized spacial score (nSPS) is 23.1. The molecule has 0 spiro atoms. The average molecular weight is 328 g/mol. The van der Waals surface area contributed by atoms with Gasteiger partial charge in [0.1, 0.15) is 11.8 Å². The van der Waals surface area contributed by atoms with Crippen LogP contribution in [-0.4, -0.2) is 36.4 Å². The van der Waals surface area contributed by atoms with Crippen LogP contribution in [0.25, 0.3) is 0 Å². The fourth-order valence-corrected chi connectivity index (χ4v) is 3.46. The lowest BCUT2D eigenvalue weighted by Gasteiger charge is -2.28. The predicted molar refractivity (Wildman–Crippen MR) is 92.8 cm³/mol. The van der Waals surface area contributed by atoms with Gasteiger partial charge in [-0.15, -0.1) is 0 Å². The molecule has 1 aromatic carbocycles. The van der Waals surface area contributed by atoms with Gasteiger partial charge in [0.05, 0.1) is 7.11 Å². The van der Waals surface area contributed by atoms with Crippen molar-refractivity contribution in [2.24, 2.45) is 5.92 Å². The first-order valence-electron chi connectivity index (χ1n) is 8.59. The van der Waals surface area contributed by atoms with Crippen LogP contribution in [0, 0.1) is 5.92 Å². The molecule has 5 nitrogen and oxygen atoms in total. The molecule has 1 heterocycles. The summed E-state index contributed by atoms with van der Waals surface area (Å²) in [4.78, 5) is 27.1. The minimum absolute atomic E-state index is 0.0318. The van der Waals surface area contributed by atoms with Gasteiger partial charge in [0.25, 0.3) is 0 Å². The molecule has 1 fully saturated rings. The summed E-state index contributed by atoms with van der Waals surface area (Å²) < 4.78 is 5.12. The Morgan fingerprint density at radius 1 is 1.17 bits per heavy atom. The second kappa shape index (κ2) is 7.51. The summed E-state index contributed by atoms with van der Waals surface area (Å²) in [5, 5.41) is 2.92. The van der Waals surface area contributed by atoms with E-state index in [9.17, 15) is 9.59 Å². The van der Waals surface area contributed by atoms with Crippen LogP contribution >= 0.6 is 0 Å². The number of carbonyl (C=O) groups excluding carboxylic acids is 2. The van der Waals surface area contributed by atoms with Crippen molar-refractivity contribution >= 4 is 17.5 Å². The maximum Gasteiger partial charge on any atom is 0.247 e. The highest BCUT2D eigenvalue weighted by atomic mass is 16.5. The molecule has 1 aliphatic heterocycles. The Kier molecular flexibility index (Phi) is 5.18. The summed E-state index contributed by atoms with van der Waals surface area (Å²) >= 11 is 0. The highest BCUT2D eigenvalue weighted by Gasteiger charge is 2.36. The van der Waals surface area contributed by atoms with E-state index in [4.69, 9.17) is 4.74 Å². The van der Waals surface area contributed by atoms with Crippen LogP contribution in [-0.2, 0) is 9.59 Å². The first-order chi connectivity index (χ1) is 11.7. The summed E-state index contributed by atoms with van der Waals surface area (Å²) in [7, 11) is 1.61. The van der Waals surface area contributed by atoms with Crippen LogP contribution < -0.4 is 10.1 Å². The van der Waals surface area contributed by atoms with Crippen molar-refractivity contribution in [3.05, 3.63) is 36.4 Å². The van der Waals surface area contributed by atoms with E-state index in [0.717, 1.165) is 43.5 Å². The van der Waals surface area contributed by atoms with Crippen LogP contribution in [0.5, 0.6) is 5.75 Å². The Balaban J connectivity index is 1.64. The van der Waals surface area contributed by atoms with E-state index in [2.05, 4.69) is 17.5 Å². The topological polar surface area (TPSA) is 58.6 Å². The van der Waals surface area contributed by atoms with Crippen molar-refractivity contribution in [2.75, 3.05) is 19.0 Å². The molecule has 0 unspecified atom stereocenters. The molecule has 1 aliphatic carbocycles. The molecule has 2 aliphatic rings. The Hall–Kier alpha value is -2.30. The molecule has 2 atom stereocenters. The van der Waals surface area contributed by atoms with Crippen molar-refractivity contribution in [3.8, 4) is 5.75 Å². The minimum Gasteiger partial charge on any atom is -0.497 e. The molecule has 128 valence electrons. The van der Waals surface area contributed by atoms with Gasteiger partial charge >= 0.3 is 0 Å². The fraction of sp³-hybridized carbons (Fsp3) is 0.474. The summed E-state index contributed by atoms with van der Waals surface area (Å²) in [6.45, 7) is 0.680. The molecule has 2 amide bonds. The number of amides is 2. The molecule has 1 saturated heterocycles. The molecule has 0 saturated carbocycles. The van der Waals surface area contributed by atoms with Crippen LogP contribution in [0.2, 0.25) is 0 Å². The molecule has 0 aromatic heterocycles. The Labute approximate surface area is 142 Å². The molecule has 1 aromatic rings. The van der Waals surface area contributed by atoms with Gasteiger partial charge in [-0.25, -0.2) is 0 Å². The van der Waals surface area contributed by atoms with E-state index >= 15 is 0 Å². The molecule has 1 N–H and O–H groups in total. The van der Waals surface area contributed by atoms with E-state index in [-0.39, 0.29) is 23.8 Å². The van der Waals surface area contributed by atoms with Crippen molar-refractivity contribution in [2.45, 2.75) is 38.1 Å². The van der Waals surface area contributed by atoms with Crippen molar-refractivity contribution < 1.29 is 14.3 Å². The highest BCUT2D eigenvalue weighted by Crippen LogP contribution is 2.27. The number of carbonyl (C=O) groups is 2. The van der Waals surface area contributed by atoms with Crippen LogP contribution in [0.3, 0.4) is 0 Å². The van der Waals surface area contributed by atoms with Gasteiger partial charge in [0.2, 0.25) is 11.8 Å². The third-order valence-corrected chi connectivity index (χ3v) is 4.81. The van der Waals surface area contributed by atoms with Gasteiger partial charge in [-0.05, 0) is 56.4 Å². The first kappa shape index (κ1) is 16.6. The molecule has 0 radical (unpaired) electrons. The van der Waals surface area contributed by atoms with Crippen LogP contribution in [0.1, 0.15) is 32.1 Å². The third-order valence-electron chi connectivity index (χ3n) is 4.81. The number of benzene rings is 1. The van der Waals surface area contributed by atoms with Crippen molar-refractivity contribution in [3.63, 3.8) is 0 Å². The van der Waals surface area contributed by atoms with Crippen molar-refractivity contribution in [1.82, 2.24) is 4.90 Å². The quantitative estimate of drug-likeness (QED) is 0.865. The average Bonchev–Trinajstić information content (AvgIpc) is 3.12. The Morgan fingerprint density at radius 3 is 2.62 bits per heavy atom. The zero-order valence-corrected chi connectivity index (χ0v) is 14.0. The number of hydrogen-bond acceptors (Lipinski definition) is 3. The number of allylic oxidation sites excluding steroid dienone is 2. The third kappa shape index (κ3) is 3.61. The lowest BCUT2D eigenvalue weighted by Crippen LogP contribution is -2.45. The monoisotopic (exact) mass is 328 g/mol. The number of nitrogens with zero attached hydrogens (tertiary/aromatic N) is 1. The minimum atomic E-state index is -0.356. The fourth-order valence-electron chi connectivity index (χ4n) is 3.46. The number of ether oxygens (including phenoxy) is 1. The molecule has 0 bridgehead atoms. The maximum absolute atomic E-state index is 12.7. The van der Waals surface area contributed by atoms with Gasteiger partial charge < -0.3 is 15.0 Å². The van der Waals surface area contributed by atoms with E-state index in [1.807, 2.05) is 24.3 Å². The van der Waals surface area contributed by atoms with Gasteiger partial charge in [0, 0.05) is 18.2 Å². The molecule has 5 heteroatoms. The summed E-state index contributed by atoms with van der Waals surface area (Å²) in [5.41, 5.74) is 0.723. The lowest BCUT2D eigenvalue weighted by atomic mass is 9.93. The van der Waals surface area contributed by atoms with E-state index in [1.165, 1.54) is 0 Å². The van der Waals surface area contributed by atoms with Gasteiger partial charge in [0.15, 0.2) is 0 Å². The standard InChI is InChI=1S/C19H24N2O3/c1-24-16-11-9-15(10-12-16)20-18(22)17-8-5-13-21(17)19(23)14-6-3-2-4-7-14/h2-3,9-12,14,17H,4-8,13H2,1H3,(H,20,22)/t14-,17+/m1/s1. The zero-order valence-electron chi connectivity index (χ0n) is 14.0. The molecule has 3 rings (SSSR count). The highest BCUT2D eigenvalue weighted by molar-refractivity contribution is 5.97. The Morgan fingerprint density at radius 2 is 1.96 bits per heavy atom. The zero-order chi connectivity index (χ0) is 16.9. The molecular weight excluding hydrogens is 304 g/mol. The van der Waals surface area contributed by atoms with E-state index in [0.29, 0.717) is 6.54 Å². The number of likely N-dealkylation sites (tertiary alicyclic amines) is 1. The van der Waals surface area contributed by atoms with Gasteiger partial charge in [-0.1, -0.05) is 12.2 Å². The van der Waals surface area contributed by atoms with E-state index < -0.39 is 0 Å². The number of nitrogens with one attached hydrogen (secondary N) is 1. The van der Waals surface area contributed by atoms with Crippen molar-refractivity contribution in [1.29, 1.82) is 0 Å². The second-order valence-corrected chi connectivity index (χ2v) is 6.39. The maximum atomic E-state index is 12.7. The predicted octanol–water partition coefficient (Wildman–Crippen LogP) is 2.98. The number of anilines is 1. The van der Waals surface area contributed by atoms with E-state index in [1.54, 1.807) is 12.0 Å². The lowest BCUT2D eigenvalue weighted by molar-refractivity contribution is -0.140. The second-order valence-electron chi connectivity index (χ2n) is 6.39. The van der Waals surface area contributed by atoms with Gasteiger partial charge in [-0.2, -0.15) is 0 Å². The largest absolute Gasteiger partial charge is 0.497 e. The summed E-state index contributed by atoms with van der Waals surface area (Å²) in [6, 6.07) is 6.88. The first-order valence-corrected chi connectivity index (χ1v) is 8.59. The summed E-state index contributed by atoms with van der Waals surface area (Å²) in [6.07, 6.45) is 8.45. The number of methoxy groups -OCH3 is 1. The summed E-state index contributed by atoms with van der Waals surface area (Å²) in [5.74, 6) is 0.810. The van der Waals surface area contributed by atoms with Crippen LogP contribution in [0.4, 0.5) is 5.69 Å². The number of rotatable bonds is 4. The molecule has 24 heavy (non-hydrogen) atoms. The SMILES string of the molecule is COc1ccc(NC(=O)[C@@H]2CCCN2C(=O)[C@@H]2CC=CCC2)cc1. The molecular formula is C19H24N2O3. The van der Waals surface area contributed by atoms with Crippen LogP contribution in [0.15, 0.2) is 36.4 Å². The smallest absolute Gasteiger partial charge is 0.247 e. The number of hydrogen-bond donors (Lipinski definition) is 1.